The second-order valence-electron chi connectivity index (χ2n) is 3.65. The number of rotatable bonds is 4. The lowest BCUT2D eigenvalue weighted by Crippen LogP contribution is -2.06. The number of nitro benzene ring substituents is 1. The molecular weight excluding hydrogens is 280 g/mol. The Balaban J connectivity index is 2.49. The van der Waals surface area contributed by atoms with Crippen LogP contribution in [0.4, 0.5) is 5.69 Å². The number of benzene rings is 1. The average molecular weight is 286 g/mol. The molecule has 1 heterocycles. The Morgan fingerprint density at radius 1 is 1.43 bits per heavy atom. The SMILES string of the molecule is N#Cc1ccnc(Oc2cccc([N+](=O)[O-])c2C(=O)O)n1. The molecule has 0 bridgehead atoms. The van der Waals surface area contributed by atoms with Gasteiger partial charge in [-0.2, -0.15) is 10.2 Å². The first-order valence-corrected chi connectivity index (χ1v) is 5.44. The molecule has 104 valence electrons. The van der Waals surface area contributed by atoms with Gasteiger partial charge in [0.05, 0.1) is 4.92 Å². The summed E-state index contributed by atoms with van der Waals surface area (Å²) >= 11 is 0. The summed E-state index contributed by atoms with van der Waals surface area (Å²) in [5.41, 5.74) is -1.22. The molecule has 2 rings (SSSR count). The Bertz CT molecular complexity index is 768. The van der Waals surface area contributed by atoms with Gasteiger partial charge in [-0.3, -0.25) is 10.1 Å². The summed E-state index contributed by atoms with van der Waals surface area (Å²) in [4.78, 5) is 28.6. The Morgan fingerprint density at radius 3 is 2.81 bits per heavy atom. The van der Waals surface area contributed by atoms with Gasteiger partial charge in [-0.15, -0.1) is 0 Å². The van der Waals surface area contributed by atoms with Gasteiger partial charge in [-0.25, -0.2) is 9.78 Å². The Labute approximate surface area is 117 Å². The largest absolute Gasteiger partial charge is 0.477 e. The van der Waals surface area contributed by atoms with Crippen molar-refractivity contribution in [3.05, 3.63) is 51.8 Å². The standard InChI is InChI=1S/C12H6N4O5/c13-6-7-4-5-14-12(15-7)21-9-3-1-2-8(16(19)20)10(9)11(17)18/h1-5H,(H,17,18). The van der Waals surface area contributed by atoms with Crippen LogP contribution in [0.2, 0.25) is 0 Å². The summed E-state index contributed by atoms with van der Waals surface area (Å²) < 4.78 is 5.15. The summed E-state index contributed by atoms with van der Waals surface area (Å²) in [6.07, 6.45) is 1.25. The van der Waals surface area contributed by atoms with Crippen LogP contribution in [0.15, 0.2) is 30.5 Å². The molecule has 0 saturated carbocycles. The normalized spacial score (nSPS) is 9.67. The van der Waals surface area contributed by atoms with Crippen molar-refractivity contribution in [2.24, 2.45) is 0 Å². The molecule has 0 unspecified atom stereocenters. The van der Waals surface area contributed by atoms with Crippen molar-refractivity contribution in [3.63, 3.8) is 0 Å². The van der Waals surface area contributed by atoms with E-state index in [1.807, 2.05) is 0 Å². The van der Waals surface area contributed by atoms with Crippen LogP contribution in [0.1, 0.15) is 16.1 Å². The molecule has 21 heavy (non-hydrogen) atoms. The zero-order chi connectivity index (χ0) is 15.4. The summed E-state index contributed by atoms with van der Waals surface area (Å²) in [7, 11) is 0. The van der Waals surface area contributed by atoms with E-state index in [2.05, 4.69) is 9.97 Å². The monoisotopic (exact) mass is 286 g/mol. The van der Waals surface area contributed by atoms with Gasteiger partial charge in [0.15, 0.2) is 11.3 Å². The second kappa shape index (κ2) is 5.62. The fraction of sp³-hybridized carbons (Fsp3) is 0. The number of carboxylic acid groups (broad SMARTS) is 1. The van der Waals surface area contributed by atoms with Crippen molar-refractivity contribution in [1.29, 1.82) is 5.26 Å². The van der Waals surface area contributed by atoms with Crippen molar-refractivity contribution in [1.82, 2.24) is 9.97 Å². The van der Waals surface area contributed by atoms with Crippen LogP contribution >= 0.6 is 0 Å². The van der Waals surface area contributed by atoms with Gasteiger partial charge in [0, 0.05) is 12.3 Å². The molecule has 0 radical (unpaired) electrons. The lowest BCUT2D eigenvalue weighted by Gasteiger charge is -2.07. The zero-order valence-electron chi connectivity index (χ0n) is 10.3. The average Bonchev–Trinajstić information content (AvgIpc) is 2.46. The van der Waals surface area contributed by atoms with E-state index < -0.39 is 22.1 Å². The highest BCUT2D eigenvalue weighted by molar-refractivity contribution is 5.95. The third kappa shape index (κ3) is 2.90. The van der Waals surface area contributed by atoms with Gasteiger partial charge in [-0.05, 0) is 12.1 Å². The molecule has 0 aliphatic heterocycles. The molecule has 1 aromatic carbocycles. The molecule has 0 aliphatic rings. The molecule has 9 heteroatoms. The second-order valence-corrected chi connectivity index (χ2v) is 3.65. The number of nitro groups is 1. The lowest BCUT2D eigenvalue weighted by atomic mass is 10.1. The maximum absolute atomic E-state index is 11.2. The smallest absolute Gasteiger partial charge is 0.346 e. The van der Waals surface area contributed by atoms with Crippen LogP contribution in [0.3, 0.4) is 0 Å². The molecule has 0 aliphatic carbocycles. The number of carboxylic acids is 1. The minimum absolute atomic E-state index is 0.0160. The first-order valence-electron chi connectivity index (χ1n) is 5.44. The molecular formula is C12H6N4O5. The minimum atomic E-state index is -1.52. The highest BCUT2D eigenvalue weighted by Crippen LogP contribution is 2.30. The Hall–Kier alpha value is -3.54. The molecule has 9 nitrogen and oxygen atoms in total. The Kier molecular flexibility index (Phi) is 3.71. The maximum atomic E-state index is 11.2. The van der Waals surface area contributed by atoms with E-state index in [9.17, 15) is 14.9 Å². The van der Waals surface area contributed by atoms with Crippen LogP contribution < -0.4 is 4.74 Å². The van der Waals surface area contributed by atoms with Crippen molar-refractivity contribution < 1.29 is 19.6 Å². The van der Waals surface area contributed by atoms with Gasteiger partial charge >= 0.3 is 12.0 Å². The van der Waals surface area contributed by atoms with Gasteiger partial charge in [-0.1, -0.05) is 6.07 Å². The number of hydrogen-bond acceptors (Lipinski definition) is 7. The van der Waals surface area contributed by atoms with Crippen LogP contribution in [-0.4, -0.2) is 26.0 Å². The van der Waals surface area contributed by atoms with E-state index in [0.29, 0.717) is 0 Å². The van der Waals surface area contributed by atoms with Crippen molar-refractivity contribution in [2.45, 2.75) is 0 Å². The summed E-state index contributed by atoms with van der Waals surface area (Å²) in [5, 5.41) is 28.6. The molecule has 1 N–H and O–H groups in total. The van der Waals surface area contributed by atoms with E-state index in [-0.39, 0.29) is 17.5 Å². The Morgan fingerprint density at radius 2 is 2.19 bits per heavy atom. The number of nitrogens with zero attached hydrogens (tertiary/aromatic N) is 4. The quantitative estimate of drug-likeness (QED) is 0.662. The number of aromatic nitrogens is 2. The summed E-state index contributed by atoms with van der Waals surface area (Å²) in [6, 6.07) is 6.37. The molecule has 2 aromatic rings. The van der Waals surface area contributed by atoms with Crippen LogP contribution in [0.25, 0.3) is 0 Å². The van der Waals surface area contributed by atoms with Gasteiger partial charge in [0.1, 0.15) is 11.8 Å². The maximum Gasteiger partial charge on any atom is 0.346 e. The van der Waals surface area contributed by atoms with E-state index >= 15 is 0 Å². The van der Waals surface area contributed by atoms with E-state index in [0.717, 1.165) is 6.07 Å². The van der Waals surface area contributed by atoms with Gasteiger partial charge in [0.25, 0.3) is 5.69 Å². The number of hydrogen-bond donors (Lipinski definition) is 1. The topological polar surface area (TPSA) is 139 Å². The molecule has 0 atom stereocenters. The minimum Gasteiger partial charge on any atom is -0.477 e. The number of nitriles is 1. The van der Waals surface area contributed by atoms with E-state index in [4.69, 9.17) is 15.1 Å². The zero-order valence-corrected chi connectivity index (χ0v) is 10.3. The van der Waals surface area contributed by atoms with Crippen molar-refractivity contribution in [3.8, 4) is 17.8 Å². The molecule has 1 aromatic heterocycles. The highest BCUT2D eigenvalue weighted by Gasteiger charge is 2.25. The predicted octanol–water partition coefficient (Wildman–Crippen LogP) is 1.75. The summed E-state index contributed by atoms with van der Waals surface area (Å²) in [6.45, 7) is 0. The van der Waals surface area contributed by atoms with Crippen LogP contribution in [0, 0.1) is 21.4 Å². The fourth-order valence-corrected chi connectivity index (χ4v) is 1.52. The fourth-order valence-electron chi connectivity index (χ4n) is 1.52. The third-order valence-electron chi connectivity index (χ3n) is 2.36. The molecule has 0 spiro atoms. The number of ether oxygens (including phenoxy) is 1. The van der Waals surface area contributed by atoms with Crippen molar-refractivity contribution >= 4 is 11.7 Å². The van der Waals surface area contributed by atoms with Crippen LogP contribution in [0.5, 0.6) is 11.8 Å². The molecule has 0 saturated heterocycles. The lowest BCUT2D eigenvalue weighted by molar-refractivity contribution is -0.385. The van der Waals surface area contributed by atoms with Crippen LogP contribution in [-0.2, 0) is 0 Å². The van der Waals surface area contributed by atoms with Gasteiger partial charge in [0.2, 0.25) is 0 Å². The van der Waals surface area contributed by atoms with Crippen molar-refractivity contribution in [2.75, 3.05) is 0 Å². The third-order valence-corrected chi connectivity index (χ3v) is 2.36. The molecule has 0 fully saturated rings. The van der Waals surface area contributed by atoms with E-state index in [1.165, 1.54) is 24.4 Å². The highest BCUT2D eigenvalue weighted by atomic mass is 16.6. The summed E-state index contributed by atoms with van der Waals surface area (Å²) in [5.74, 6) is -1.81. The van der Waals surface area contributed by atoms with Gasteiger partial charge < -0.3 is 9.84 Å². The first kappa shape index (κ1) is 13.9. The molecule has 0 amide bonds. The van der Waals surface area contributed by atoms with E-state index in [1.54, 1.807) is 6.07 Å². The number of aromatic carboxylic acids is 1. The first-order chi connectivity index (χ1) is 10.0. The predicted molar refractivity (Wildman–Crippen MR) is 66.9 cm³/mol. The number of carbonyl (C=O) groups is 1.